The molecule has 4 aromatic rings. The van der Waals surface area contributed by atoms with Crippen molar-refractivity contribution in [3.05, 3.63) is 70.8 Å². The van der Waals surface area contributed by atoms with Crippen LogP contribution in [0.1, 0.15) is 5.56 Å². The van der Waals surface area contributed by atoms with Gasteiger partial charge in [-0.25, -0.2) is 14.6 Å². The molecule has 0 aliphatic rings. The third kappa shape index (κ3) is 3.71. The van der Waals surface area contributed by atoms with Crippen LogP contribution in [0.2, 0.25) is 0 Å². The van der Waals surface area contributed by atoms with Gasteiger partial charge >= 0.3 is 0 Å². The van der Waals surface area contributed by atoms with Crippen LogP contribution < -0.4 is 10.9 Å². The number of H-pyrrole nitrogens is 1. The second-order valence-corrected chi connectivity index (χ2v) is 6.80. The predicted molar refractivity (Wildman–Crippen MR) is 108 cm³/mol. The van der Waals surface area contributed by atoms with Gasteiger partial charge < -0.3 is 5.32 Å². The first-order valence-corrected chi connectivity index (χ1v) is 9.45. The number of nitrogens with one attached hydrogen (secondary N) is 2. The van der Waals surface area contributed by atoms with Crippen LogP contribution >= 0.6 is 11.8 Å². The topological polar surface area (TPSA) is 129 Å². The van der Waals surface area contributed by atoms with E-state index in [4.69, 9.17) is 5.26 Å². The van der Waals surface area contributed by atoms with Crippen molar-refractivity contribution in [2.75, 3.05) is 11.1 Å². The maximum atomic E-state index is 13.0. The highest BCUT2D eigenvalue weighted by atomic mass is 32.2. The minimum Gasteiger partial charge on any atom is -0.324 e. The average Bonchev–Trinajstić information content (AvgIpc) is 3.27. The smallest absolute Gasteiger partial charge is 0.269 e. The van der Waals surface area contributed by atoms with Gasteiger partial charge in [0.05, 0.1) is 27.9 Å². The number of para-hydroxylation sites is 2. The molecule has 4 rings (SSSR count). The first kappa shape index (κ1) is 18.4. The van der Waals surface area contributed by atoms with E-state index < -0.39 is 0 Å². The minimum absolute atomic E-state index is 0.0152. The summed E-state index contributed by atoms with van der Waals surface area (Å²) in [6.07, 6.45) is 1.29. The zero-order chi connectivity index (χ0) is 20.2. The molecule has 2 aromatic carbocycles. The Morgan fingerprint density at radius 3 is 2.79 bits per heavy atom. The van der Waals surface area contributed by atoms with Gasteiger partial charge in [0.1, 0.15) is 12.4 Å². The second kappa shape index (κ2) is 7.95. The van der Waals surface area contributed by atoms with Crippen LogP contribution in [0.5, 0.6) is 0 Å². The number of anilines is 1. The van der Waals surface area contributed by atoms with Crippen molar-refractivity contribution in [2.45, 2.75) is 5.16 Å². The summed E-state index contributed by atoms with van der Waals surface area (Å²) in [6.45, 7) is 0. The van der Waals surface area contributed by atoms with E-state index in [2.05, 4.69) is 25.5 Å². The largest absolute Gasteiger partial charge is 0.324 e. The Bertz CT molecular complexity index is 1290. The fourth-order valence-electron chi connectivity index (χ4n) is 2.71. The number of carbonyl (C=O) groups excluding carboxylic acids is 1. The Hall–Kier alpha value is -3.97. The van der Waals surface area contributed by atoms with Crippen LogP contribution in [0.25, 0.3) is 16.9 Å². The van der Waals surface area contributed by atoms with Crippen LogP contribution in [0, 0.1) is 11.3 Å². The molecule has 2 heterocycles. The summed E-state index contributed by atoms with van der Waals surface area (Å²) in [7, 11) is 0. The van der Waals surface area contributed by atoms with Crippen molar-refractivity contribution >= 4 is 34.3 Å². The summed E-state index contributed by atoms with van der Waals surface area (Å²) in [5, 5.41) is 19.0. The number of amides is 1. The number of nitrogens with zero attached hydrogens (tertiary/aromatic N) is 5. The van der Waals surface area contributed by atoms with Crippen molar-refractivity contribution < 1.29 is 4.79 Å². The molecule has 0 saturated heterocycles. The van der Waals surface area contributed by atoms with Gasteiger partial charge in [0, 0.05) is 0 Å². The number of hydrogen-bond donors (Lipinski definition) is 2. The van der Waals surface area contributed by atoms with Crippen molar-refractivity contribution in [2.24, 2.45) is 0 Å². The van der Waals surface area contributed by atoms with E-state index in [-0.39, 0.29) is 23.2 Å². The van der Waals surface area contributed by atoms with E-state index in [1.165, 1.54) is 10.9 Å². The molecule has 0 aliphatic carbocycles. The van der Waals surface area contributed by atoms with E-state index in [1.54, 1.807) is 48.5 Å². The van der Waals surface area contributed by atoms with E-state index in [9.17, 15) is 9.59 Å². The number of hydrogen-bond acceptors (Lipinski definition) is 7. The maximum absolute atomic E-state index is 13.0. The highest BCUT2D eigenvalue weighted by Gasteiger charge is 2.16. The lowest BCUT2D eigenvalue weighted by atomic mass is 10.2. The third-order valence-electron chi connectivity index (χ3n) is 4.01. The van der Waals surface area contributed by atoms with Crippen LogP contribution in [-0.4, -0.2) is 36.4 Å². The molecule has 2 aromatic heterocycles. The number of fused-ring (bicyclic) bond motifs is 1. The van der Waals surface area contributed by atoms with Gasteiger partial charge in [-0.2, -0.15) is 15.3 Å². The van der Waals surface area contributed by atoms with Crippen molar-refractivity contribution in [1.29, 1.82) is 5.26 Å². The fourth-order valence-corrected chi connectivity index (χ4v) is 3.50. The molecule has 142 valence electrons. The van der Waals surface area contributed by atoms with Crippen LogP contribution in [0.15, 0.2) is 64.8 Å². The molecule has 0 fully saturated rings. The van der Waals surface area contributed by atoms with Gasteiger partial charge in [-0.3, -0.25) is 9.59 Å². The van der Waals surface area contributed by atoms with E-state index >= 15 is 0 Å². The first-order chi connectivity index (χ1) is 14.2. The molecular formula is C19H13N7O2S. The molecule has 0 bridgehead atoms. The Kier molecular flexibility index (Phi) is 5.05. The molecule has 2 N–H and O–H groups in total. The molecule has 29 heavy (non-hydrogen) atoms. The summed E-state index contributed by atoms with van der Waals surface area (Å²) in [5.41, 5.74) is 1.00. The zero-order valence-corrected chi connectivity index (χ0v) is 15.7. The van der Waals surface area contributed by atoms with Crippen molar-refractivity contribution in [3.8, 4) is 12.0 Å². The Labute approximate surface area is 168 Å². The lowest BCUT2D eigenvalue weighted by Crippen LogP contribution is -2.24. The standard InChI is InChI=1S/C19H13N7O2S/c20-9-12-5-1-3-7-14(12)23-16(27)10-29-19-24-15-8-4-2-6-13(15)17(28)26(19)18-21-11-22-25-18/h1-8,11H,10H2,(H,23,27)(H,21,22,25). The lowest BCUT2D eigenvalue weighted by Gasteiger charge is -2.11. The SMILES string of the molecule is N#Cc1ccccc1NC(=O)CSc1nc2ccccc2c(=O)n1-c1ncn[nH]1. The van der Waals surface area contributed by atoms with E-state index in [0.29, 0.717) is 27.3 Å². The number of carbonyl (C=O) groups is 1. The van der Waals surface area contributed by atoms with Crippen molar-refractivity contribution in [3.63, 3.8) is 0 Å². The summed E-state index contributed by atoms with van der Waals surface area (Å²) in [4.78, 5) is 33.9. The molecule has 0 spiro atoms. The molecule has 0 saturated carbocycles. The molecule has 0 radical (unpaired) electrons. The van der Waals surface area contributed by atoms with Crippen LogP contribution in [0.4, 0.5) is 5.69 Å². The highest BCUT2D eigenvalue weighted by Crippen LogP contribution is 2.20. The highest BCUT2D eigenvalue weighted by molar-refractivity contribution is 7.99. The van der Waals surface area contributed by atoms with Gasteiger partial charge in [-0.1, -0.05) is 36.0 Å². The van der Waals surface area contributed by atoms with Gasteiger partial charge in [0.15, 0.2) is 5.16 Å². The maximum Gasteiger partial charge on any atom is 0.269 e. The fraction of sp³-hybridized carbons (Fsp3) is 0.0526. The Morgan fingerprint density at radius 1 is 1.21 bits per heavy atom. The molecule has 10 heteroatoms. The second-order valence-electron chi connectivity index (χ2n) is 5.86. The number of rotatable bonds is 5. The Balaban J connectivity index is 1.64. The number of aromatic nitrogens is 5. The first-order valence-electron chi connectivity index (χ1n) is 8.46. The van der Waals surface area contributed by atoms with E-state index in [0.717, 1.165) is 11.8 Å². The monoisotopic (exact) mass is 403 g/mol. The molecular weight excluding hydrogens is 390 g/mol. The van der Waals surface area contributed by atoms with Crippen molar-refractivity contribution in [1.82, 2.24) is 24.7 Å². The molecule has 0 aliphatic heterocycles. The average molecular weight is 403 g/mol. The summed E-state index contributed by atoms with van der Waals surface area (Å²) in [6, 6.07) is 15.7. The lowest BCUT2D eigenvalue weighted by molar-refractivity contribution is -0.113. The summed E-state index contributed by atoms with van der Waals surface area (Å²) < 4.78 is 1.29. The van der Waals surface area contributed by atoms with E-state index in [1.807, 2.05) is 6.07 Å². The number of aromatic amines is 1. The number of benzene rings is 2. The number of thioether (sulfide) groups is 1. The summed E-state index contributed by atoms with van der Waals surface area (Å²) in [5.74, 6) is -0.131. The van der Waals surface area contributed by atoms with Gasteiger partial charge in [0.2, 0.25) is 11.9 Å². The number of nitriles is 1. The molecule has 1 amide bonds. The molecule has 9 nitrogen and oxygen atoms in total. The van der Waals surface area contributed by atoms with Gasteiger partial charge in [-0.05, 0) is 24.3 Å². The molecule has 0 unspecified atom stereocenters. The van der Waals surface area contributed by atoms with Gasteiger partial charge in [-0.15, -0.1) is 0 Å². The normalized spacial score (nSPS) is 10.6. The Morgan fingerprint density at radius 2 is 2.00 bits per heavy atom. The molecule has 0 atom stereocenters. The van der Waals surface area contributed by atoms with Gasteiger partial charge in [0.25, 0.3) is 5.56 Å². The third-order valence-corrected chi connectivity index (χ3v) is 4.95. The quantitative estimate of drug-likeness (QED) is 0.385. The zero-order valence-electron chi connectivity index (χ0n) is 14.9. The van der Waals surface area contributed by atoms with Crippen LogP contribution in [-0.2, 0) is 4.79 Å². The van der Waals surface area contributed by atoms with Crippen LogP contribution in [0.3, 0.4) is 0 Å². The minimum atomic E-state index is -0.329. The predicted octanol–water partition coefficient (Wildman–Crippen LogP) is 2.11. The summed E-state index contributed by atoms with van der Waals surface area (Å²) >= 11 is 1.08.